The molecule has 52 heavy (non-hydrogen) atoms. The van der Waals surface area contributed by atoms with Crippen molar-refractivity contribution in [1.29, 1.82) is 0 Å². The number of anilines is 1. The fourth-order valence-electron chi connectivity index (χ4n) is 4.26. The molecule has 2 aromatic rings. The first-order valence-electron chi connectivity index (χ1n) is 17.6. The monoisotopic (exact) mass is 820 g/mol. The Labute approximate surface area is 325 Å². The number of carbonyl (C=O) groups is 5. The van der Waals surface area contributed by atoms with Gasteiger partial charge >= 0.3 is 0 Å². The van der Waals surface area contributed by atoms with Gasteiger partial charge < -0.3 is 31.5 Å². The number of rotatable bonds is 15. The Kier molecular flexibility index (Phi) is 27.0. The maximum Gasteiger partial charge on any atom is 0.251 e. The Morgan fingerprint density at radius 2 is 1.58 bits per heavy atom. The molecule has 14 heteroatoms. The molecule has 1 heterocycles. The van der Waals surface area contributed by atoms with Gasteiger partial charge in [0.05, 0.1) is 12.6 Å². The quantitative estimate of drug-likeness (QED) is 0.0944. The number of nitrogens with zero attached hydrogens (tertiary/aromatic N) is 1. The van der Waals surface area contributed by atoms with Crippen LogP contribution in [0.2, 0.25) is 0 Å². The summed E-state index contributed by atoms with van der Waals surface area (Å²) < 4.78 is 0.936. The molecule has 3 unspecified atom stereocenters. The van der Waals surface area contributed by atoms with Crippen LogP contribution in [-0.4, -0.2) is 73.7 Å². The molecule has 0 aromatic heterocycles. The van der Waals surface area contributed by atoms with Crippen LogP contribution in [0.1, 0.15) is 88.1 Å². The lowest BCUT2D eigenvalue weighted by molar-refractivity contribution is -0.127. The van der Waals surface area contributed by atoms with E-state index in [1.165, 1.54) is 12.5 Å². The normalized spacial score (nSPS) is 14.1. The van der Waals surface area contributed by atoms with E-state index in [1.807, 2.05) is 63.4 Å². The molecule has 0 saturated carbocycles. The lowest BCUT2D eigenvalue weighted by Gasteiger charge is -2.23. The number of benzene rings is 2. The van der Waals surface area contributed by atoms with Crippen molar-refractivity contribution in [3.63, 3.8) is 0 Å². The zero-order valence-corrected chi connectivity index (χ0v) is 35.3. The van der Waals surface area contributed by atoms with Gasteiger partial charge in [-0.05, 0) is 89.1 Å². The van der Waals surface area contributed by atoms with Gasteiger partial charge in [0.2, 0.25) is 17.5 Å². The van der Waals surface area contributed by atoms with Crippen molar-refractivity contribution in [2.75, 3.05) is 37.2 Å². The zero-order valence-electron chi connectivity index (χ0n) is 31.9. The standard InChI is InChI=1S/C28H36BrN6O5P.C5H8S.C3H8.C2H6/c1-4-30-24(36)15-34-25(37)18(3)31-9-10-32-26(38)20-11-21(13-23(12-20)35-17(2)16-41-28(35)40)27(39)33-14-19-5-7-22(29)8-6-19;1-3-5-6-4-2;1-3-2;1-2/h5-8,11-13,17-18,31,41H,4,9-10,14-16H2,1-3H3,(H,30,36)(H,32,38)(H,33,39)(H,34,37);3-5H,2H2,1H3;3H2,1-2H3;1-2H3/b;5-3-;;. The number of thioether (sulfide) groups is 1. The first-order valence-corrected chi connectivity index (χ1v) is 20.5. The second-order valence-electron chi connectivity index (χ2n) is 11.1. The average Bonchev–Trinajstić information content (AvgIpc) is 3.49. The van der Waals surface area contributed by atoms with E-state index in [0.29, 0.717) is 25.3 Å². The van der Waals surface area contributed by atoms with Crippen LogP contribution in [0.25, 0.3) is 0 Å². The van der Waals surface area contributed by atoms with E-state index in [4.69, 9.17) is 0 Å². The van der Waals surface area contributed by atoms with Crippen molar-refractivity contribution in [3.05, 3.63) is 87.1 Å². The van der Waals surface area contributed by atoms with Crippen molar-refractivity contribution < 1.29 is 24.0 Å². The molecule has 5 amide bonds. The SMILES string of the molecule is C=CS/C=C\C.CC.CCC.CCNC(=O)CNC(=O)C(C)NCCNC(=O)c1cc(C(=O)NCc2ccc(Br)cc2)cc(N2C(=O)PCC2C)c1. The second kappa shape index (κ2) is 29.0. The maximum atomic E-state index is 13.1. The molecule has 0 bridgehead atoms. The summed E-state index contributed by atoms with van der Waals surface area (Å²) in [7, 11) is 0.144. The Balaban J connectivity index is 0.00000208. The van der Waals surface area contributed by atoms with Crippen molar-refractivity contribution in [2.24, 2.45) is 0 Å². The molecule has 1 aliphatic rings. The topological polar surface area (TPSA) is 149 Å². The Morgan fingerprint density at radius 1 is 0.981 bits per heavy atom. The minimum absolute atomic E-state index is 0.0279. The number of likely N-dealkylation sites (N-methyl/N-ethyl adjacent to an activating group) is 1. The van der Waals surface area contributed by atoms with Crippen molar-refractivity contribution >= 4 is 71.2 Å². The van der Waals surface area contributed by atoms with Crippen LogP contribution in [0.4, 0.5) is 10.5 Å². The summed E-state index contributed by atoms with van der Waals surface area (Å²) >= 11 is 4.98. The highest BCUT2D eigenvalue weighted by Crippen LogP contribution is 2.35. The summed E-state index contributed by atoms with van der Waals surface area (Å²) in [4.78, 5) is 64.1. The molecule has 3 atom stereocenters. The molecular formula is C38H58BrN6O5PS. The number of allylic oxidation sites excluding steroid dienone is 1. The molecule has 1 fully saturated rings. The van der Waals surface area contributed by atoms with E-state index >= 15 is 0 Å². The van der Waals surface area contributed by atoms with Crippen LogP contribution in [0.3, 0.4) is 0 Å². The fourth-order valence-corrected chi connectivity index (χ4v) is 5.96. The van der Waals surface area contributed by atoms with E-state index in [-0.39, 0.29) is 62.2 Å². The zero-order chi connectivity index (χ0) is 39.5. The highest BCUT2D eigenvalue weighted by atomic mass is 79.9. The van der Waals surface area contributed by atoms with Gasteiger partial charge in [-0.1, -0.05) is 74.8 Å². The summed E-state index contributed by atoms with van der Waals surface area (Å²) in [6.07, 6.45) is 3.95. The maximum absolute atomic E-state index is 13.1. The highest BCUT2D eigenvalue weighted by Gasteiger charge is 2.30. The average molecular weight is 822 g/mol. The first-order chi connectivity index (χ1) is 24.9. The number of hydrogen-bond acceptors (Lipinski definition) is 7. The summed E-state index contributed by atoms with van der Waals surface area (Å²) in [5, 5.41) is 17.6. The first kappa shape index (κ1) is 48.5. The van der Waals surface area contributed by atoms with E-state index < -0.39 is 11.9 Å². The molecular weight excluding hydrogens is 763 g/mol. The molecule has 0 aliphatic carbocycles. The van der Waals surface area contributed by atoms with Gasteiger partial charge in [-0.25, -0.2) is 0 Å². The molecule has 0 spiro atoms. The molecule has 0 radical (unpaired) electrons. The van der Waals surface area contributed by atoms with Crippen LogP contribution in [0.5, 0.6) is 0 Å². The molecule has 5 N–H and O–H groups in total. The van der Waals surface area contributed by atoms with E-state index in [2.05, 4.69) is 62.9 Å². The Hall–Kier alpha value is -3.51. The van der Waals surface area contributed by atoms with E-state index in [1.54, 1.807) is 48.1 Å². The van der Waals surface area contributed by atoms with Crippen LogP contribution in [-0.2, 0) is 16.1 Å². The third kappa shape index (κ3) is 19.4. The van der Waals surface area contributed by atoms with Crippen LogP contribution in [0.15, 0.2) is 70.4 Å². The molecule has 3 rings (SSSR count). The van der Waals surface area contributed by atoms with Crippen LogP contribution in [0, 0.1) is 0 Å². The third-order valence-corrected chi connectivity index (χ3v) is 9.15. The smallest absolute Gasteiger partial charge is 0.251 e. The van der Waals surface area contributed by atoms with Gasteiger partial charge in [-0.3, -0.25) is 24.0 Å². The molecule has 2 aromatic carbocycles. The number of nitrogens with one attached hydrogen (secondary N) is 5. The van der Waals surface area contributed by atoms with Gasteiger partial charge in [0.15, 0.2) is 0 Å². The summed E-state index contributed by atoms with van der Waals surface area (Å²) in [6, 6.07) is 11.7. The van der Waals surface area contributed by atoms with Gasteiger partial charge in [-0.2, -0.15) is 0 Å². The number of amides is 5. The molecule has 11 nitrogen and oxygen atoms in total. The lowest BCUT2D eigenvalue weighted by atomic mass is 10.1. The fraction of sp³-hybridized carbons (Fsp3) is 0.447. The lowest BCUT2D eigenvalue weighted by Crippen LogP contribution is -2.47. The molecule has 1 aliphatic heterocycles. The van der Waals surface area contributed by atoms with E-state index in [9.17, 15) is 24.0 Å². The van der Waals surface area contributed by atoms with Crippen LogP contribution >= 0.6 is 36.3 Å². The van der Waals surface area contributed by atoms with Gasteiger partial charge in [0, 0.05) is 53.5 Å². The minimum Gasteiger partial charge on any atom is -0.355 e. The second-order valence-corrected chi connectivity index (χ2v) is 14.0. The van der Waals surface area contributed by atoms with Crippen molar-refractivity contribution in [3.8, 4) is 0 Å². The van der Waals surface area contributed by atoms with Crippen LogP contribution < -0.4 is 31.5 Å². The summed E-state index contributed by atoms with van der Waals surface area (Å²) in [5.41, 5.74) is 1.92. The van der Waals surface area contributed by atoms with Gasteiger partial charge in [0.1, 0.15) is 0 Å². The number of hydrogen-bond donors (Lipinski definition) is 5. The van der Waals surface area contributed by atoms with E-state index in [0.717, 1.165) is 16.2 Å². The van der Waals surface area contributed by atoms with Gasteiger partial charge in [-0.15, -0.1) is 11.8 Å². The molecule has 1 saturated heterocycles. The summed E-state index contributed by atoms with van der Waals surface area (Å²) in [5.74, 6) is -1.38. The number of halogens is 1. The molecule has 288 valence electrons. The van der Waals surface area contributed by atoms with Crippen molar-refractivity contribution in [1.82, 2.24) is 26.6 Å². The Bertz CT molecular complexity index is 1440. The largest absolute Gasteiger partial charge is 0.355 e. The minimum atomic E-state index is -0.575. The predicted octanol–water partition coefficient (Wildman–Crippen LogP) is 7.19. The highest BCUT2D eigenvalue weighted by molar-refractivity contribution is 9.10. The predicted molar refractivity (Wildman–Crippen MR) is 224 cm³/mol. The van der Waals surface area contributed by atoms with Gasteiger partial charge in [0.25, 0.3) is 11.8 Å². The third-order valence-electron chi connectivity index (χ3n) is 6.66. The number of carbonyl (C=O) groups excluding carboxylic acids is 5. The summed E-state index contributed by atoms with van der Waals surface area (Å²) in [6.45, 7) is 20.3. The van der Waals surface area contributed by atoms with Crippen molar-refractivity contribution in [2.45, 2.75) is 80.4 Å². The Morgan fingerprint density at radius 3 is 2.08 bits per heavy atom.